The van der Waals surface area contributed by atoms with Crippen molar-refractivity contribution in [2.75, 3.05) is 33.1 Å². The third-order valence-corrected chi connectivity index (χ3v) is 6.68. The van der Waals surface area contributed by atoms with Crippen molar-refractivity contribution in [1.29, 1.82) is 0 Å². The summed E-state index contributed by atoms with van der Waals surface area (Å²) in [5.74, 6) is 0.533. The third-order valence-electron chi connectivity index (χ3n) is 6.03. The van der Waals surface area contributed by atoms with Gasteiger partial charge in [0.05, 0.1) is 19.8 Å². The number of methoxy groups -OCH3 is 2. The number of nitrogens with zero attached hydrogens (tertiary/aromatic N) is 1. The fourth-order valence-electron chi connectivity index (χ4n) is 4.11. The zero-order valence-corrected chi connectivity index (χ0v) is 21.6. The number of fused-ring (bicyclic) bond motifs is 1. The quantitative estimate of drug-likeness (QED) is 0.459. The van der Waals surface area contributed by atoms with Gasteiger partial charge >= 0.3 is 0 Å². The van der Waals surface area contributed by atoms with E-state index in [-0.39, 0.29) is 18.4 Å². The van der Waals surface area contributed by atoms with E-state index in [0.29, 0.717) is 27.1 Å². The van der Waals surface area contributed by atoms with Gasteiger partial charge in [-0.15, -0.1) is 0 Å². The molecule has 0 aromatic heterocycles. The van der Waals surface area contributed by atoms with Crippen LogP contribution in [0.3, 0.4) is 0 Å². The number of nitrogens with one attached hydrogen (secondary N) is 2. The molecule has 4 rings (SSSR count). The van der Waals surface area contributed by atoms with Crippen LogP contribution in [0.1, 0.15) is 37.4 Å². The van der Waals surface area contributed by atoms with Crippen molar-refractivity contribution in [2.24, 2.45) is 0 Å². The Morgan fingerprint density at radius 2 is 1.74 bits per heavy atom. The van der Waals surface area contributed by atoms with Crippen LogP contribution in [0.5, 0.6) is 11.5 Å². The molecule has 0 saturated carbocycles. The number of carbonyl (C=O) groups is 2. The fraction of sp³-hybridized carbons (Fsp3) is 0.259. The molecule has 0 saturated heterocycles. The molecule has 182 valence electrons. The number of hydrogen-bond donors (Lipinski definition) is 2. The van der Waals surface area contributed by atoms with E-state index < -0.39 is 0 Å². The molecular formula is C27H28BrN3O4. The molecule has 35 heavy (non-hydrogen) atoms. The van der Waals surface area contributed by atoms with Gasteiger partial charge in [0.15, 0.2) is 11.5 Å². The first-order chi connectivity index (χ1) is 16.9. The summed E-state index contributed by atoms with van der Waals surface area (Å²) in [6, 6.07) is 16.6. The molecule has 7 nitrogen and oxygen atoms in total. The summed E-state index contributed by atoms with van der Waals surface area (Å²) in [5, 5.41) is 5.89. The number of carbonyl (C=O) groups excluding carboxylic acids is 2. The lowest BCUT2D eigenvalue weighted by molar-refractivity contribution is 0.0949. The number of hydrogen-bond acceptors (Lipinski definition) is 5. The van der Waals surface area contributed by atoms with Crippen molar-refractivity contribution >= 4 is 33.4 Å². The summed E-state index contributed by atoms with van der Waals surface area (Å²) < 4.78 is 11.2. The van der Waals surface area contributed by atoms with E-state index >= 15 is 0 Å². The average molecular weight is 538 g/mol. The predicted molar refractivity (Wildman–Crippen MR) is 139 cm³/mol. The first-order valence-electron chi connectivity index (χ1n) is 11.3. The van der Waals surface area contributed by atoms with Crippen LogP contribution in [-0.4, -0.2) is 44.5 Å². The molecule has 1 heterocycles. The van der Waals surface area contributed by atoms with Crippen LogP contribution in [0.15, 0.2) is 59.1 Å². The van der Waals surface area contributed by atoms with Crippen molar-refractivity contribution in [3.63, 3.8) is 0 Å². The van der Waals surface area contributed by atoms with Gasteiger partial charge in [0.1, 0.15) is 0 Å². The zero-order valence-electron chi connectivity index (χ0n) is 20.0. The minimum Gasteiger partial charge on any atom is -0.493 e. The summed E-state index contributed by atoms with van der Waals surface area (Å²) in [5.41, 5.74) is 5.12. The maximum Gasteiger partial charge on any atom is 0.255 e. The highest BCUT2D eigenvalue weighted by Gasteiger charge is 2.17. The highest BCUT2D eigenvalue weighted by atomic mass is 79.9. The number of halogens is 1. The van der Waals surface area contributed by atoms with E-state index in [0.717, 1.165) is 30.8 Å². The lowest BCUT2D eigenvalue weighted by atomic mass is 9.99. The van der Waals surface area contributed by atoms with Gasteiger partial charge in [0.2, 0.25) is 0 Å². The van der Waals surface area contributed by atoms with Crippen LogP contribution in [0.25, 0.3) is 0 Å². The van der Waals surface area contributed by atoms with Gasteiger partial charge < -0.3 is 25.0 Å². The highest BCUT2D eigenvalue weighted by Crippen LogP contribution is 2.33. The number of benzene rings is 3. The molecule has 0 atom stereocenters. The summed E-state index contributed by atoms with van der Waals surface area (Å²) in [6.45, 7) is 2.20. The minimum atomic E-state index is -0.272. The maximum atomic E-state index is 12.9. The number of rotatable bonds is 7. The second kappa shape index (κ2) is 10.9. The molecular weight excluding hydrogens is 510 g/mol. The van der Waals surface area contributed by atoms with Gasteiger partial charge in [0.25, 0.3) is 11.8 Å². The van der Waals surface area contributed by atoms with Crippen LogP contribution < -0.4 is 20.1 Å². The summed E-state index contributed by atoms with van der Waals surface area (Å²) in [6.07, 6.45) is 1.02. The minimum absolute atomic E-state index is 0.190. The van der Waals surface area contributed by atoms with Gasteiger partial charge in [-0.2, -0.15) is 0 Å². The van der Waals surface area contributed by atoms with E-state index in [1.807, 2.05) is 24.3 Å². The predicted octanol–water partition coefficient (Wildman–Crippen LogP) is 4.64. The van der Waals surface area contributed by atoms with E-state index in [1.54, 1.807) is 24.3 Å². The Hall–Kier alpha value is -3.36. The summed E-state index contributed by atoms with van der Waals surface area (Å²) in [4.78, 5) is 28.0. The monoisotopic (exact) mass is 537 g/mol. The Balaban J connectivity index is 1.42. The SMILES string of the molecule is COc1cc(Br)c(C(=O)NCc2cccc(C(=O)Nc3ccc4c(c3)CN(C)CC4)c2)cc1OC. The standard InChI is InChI=1S/C27H28BrN3O4/c1-31-10-9-18-7-8-21(12-20(18)16-31)30-26(32)19-6-4-5-17(11-19)15-29-27(33)22-13-24(34-2)25(35-3)14-23(22)28/h4-8,11-14H,9-10,15-16H2,1-3H3,(H,29,33)(H,30,32). The lowest BCUT2D eigenvalue weighted by Gasteiger charge is -2.25. The van der Waals surface area contributed by atoms with Crippen molar-refractivity contribution in [3.05, 3.63) is 86.9 Å². The number of likely N-dealkylation sites (N-methyl/N-ethyl adjacent to an activating group) is 1. The summed E-state index contributed by atoms with van der Waals surface area (Å²) >= 11 is 3.41. The van der Waals surface area contributed by atoms with Crippen LogP contribution in [0.4, 0.5) is 5.69 Å². The largest absolute Gasteiger partial charge is 0.493 e. The Labute approximate surface area is 213 Å². The van der Waals surface area contributed by atoms with Gasteiger partial charge in [-0.05, 0) is 82.5 Å². The Morgan fingerprint density at radius 1 is 0.971 bits per heavy atom. The molecule has 1 aliphatic heterocycles. The molecule has 8 heteroatoms. The van der Waals surface area contributed by atoms with Crippen LogP contribution in [0.2, 0.25) is 0 Å². The van der Waals surface area contributed by atoms with E-state index in [9.17, 15) is 9.59 Å². The number of anilines is 1. The number of ether oxygens (including phenoxy) is 2. The summed E-state index contributed by atoms with van der Waals surface area (Å²) in [7, 11) is 5.16. The lowest BCUT2D eigenvalue weighted by Crippen LogP contribution is -2.26. The van der Waals surface area contributed by atoms with Crippen LogP contribution in [0, 0.1) is 0 Å². The first-order valence-corrected chi connectivity index (χ1v) is 12.1. The second-order valence-electron chi connectivity index (χ2n) is 8.50. The topological polar surface area (TPSA) is 79.9 Å². The van der Waals surface area contributed by atoms with E-state index in [4.69, 9.17) is 9.47 Å². The van der Waals surface area contributed by atoms with Crippen molar-refractivity contribution in [3.8, 4) is 11.5 Å². The van der Waals surface area contributed by atoms with Gasteiger partial charge in [-0.3, -0.25) is 9.59 Å². The molecule has 0 radical (unpaired) electrons. The van der Waals surface area contributed by atoms with Crippen molar-refractivity contribution in [1.82, 2.24) is 10.2 Å². The molecule has 0 bridgehead atoms. The van der Waals surface area contributed by atoms with Crippen molar-refractivity contribution < 1.29 is 19.1 Å². The average Bonchev–Trinajstić information content (AvgIpc) is 2.87. The molecule has 2 amide bonds. The van der Waals surface area contributed by atoms with Crippen LogP contribution >= 0.6 is 15.9 Å². The second-order valence-corrected chi connectivity index (χ2v) is 9.35. The smallest absolute Gasteiger partial charge is 0.255 e. The number of amides is 2. The van der Waals surface area contributed by atoms with Crippen LogP contribution in [-0.2, 0) is 19.5 Å². The molecule has 0 unspecified atom stereocenters. The first kappa shape index (κ1) is 24.8. The van der Waals surface area contributed by atoms with Gasteiger partial charge in [0, 0.05) is 35.4 Å². The molecule has 3 aromatic carbocycles. The molecule has 1 aliphatic rings. The molecule has 0 spiro atoms. The Bertz CT molecular complexity index is 1260. The molecule has 0 fully saturated rings. The maximum absolute atomic E-state index is 12.9. The Kier molecular flexibility index (Phi) is 7.73. The highest BCUT2D eigenvalue weighted by molar-refractivity contribution is 9.10. The fourth-order valence-corrected chi connectivity index (χ4v) is 4.61. The molecule has 2 N–H and O–H groups in total. The van der Waals surface area contributed by atoms with E-state index in [1.165, 1.54) is 25.3 Å². The van der Waals surface area contributed by atoms with E-state index in [2.05, 4.69) is 44.6 Å². The Morgan fingerprint density at radius 3 is 2.51 bits per heavy atom. The molecule has 0 aliphatic carbocycles. The zero-order chi connectivity index (χ0) is 24.9. The molecule has 3 aromatic rings. The third kappa shape index (κ3) is 5.83. The normalized spacial score (nSPS) is 13.0. The van der Waals surface area contributed by atoms with Gasteiger partial charge in [-0.1, -0.05) is 18.2 Å². The van der Waals surface area contributed by atoms with Gasteiger partial charge in [-0.25, -0.2) is 0 Å². The van der Waals surface area contributed by atoms with Crippen molar-refractivity contribution in [2.45, 2.75) is 19.5 Å².